The third kappa shape index (κ3) is 2.76. The van der Waals surface area contributed by atoms with Crippen LogP contribution in [0.1, 0.15) is 29.6 Å². The van der Waals surface area contributed by atoms with Gasteiger partial charge in [0.1, 0.15) is 0 Å². The second kappa shape index (κ2) is 5.62. The maximum atomic E-state index is 12.7. The monoisotopic (exact) mass is 294 g/mol. The Morgan fingerprint density at radius 2 is 2.20 bits per heavy atom. The molecule has 1 heterocycles. The number of ether oxygens (including phenoxy) is 1. The Labute approximate surface area is 123 Å². The highest BCUT2D eigenvalue weighted by Gasteiger charge is 2.35. The molecule has 3 rings (SSSR count). The Bertz CT molecular complexity index is 511. The standard InChI is InChI=1S/C15H19ClN2O2/c16-14-12(2-1-3-13(14)17)15(19)18(11-4-5-11)8-10-6-7-20-9-10/h1-3,10-11H,4-9,17H2. The van der Waals surface area contributed by atoms with E-state index in [1.165, 1.54) is 0 Å². The van der Waals surface area contributed by atoms with Gasteiger partial charge in [-0.1, -0.05) is 17.7 Å². The van der Waals surface area contributed by atoms with Gasteiger partial charge in [0.05, 0.1) is 22.9 Å². The van der Waals surface area contributed by atoms with Crippen LogP contribution < -0.4 is 5.73 Å². The summed E-state index contributed by atoms with van der Waals surface area (Å²) in [5.41, 5.74) is 6.76. The van der Waals surface area contributed by atoms with Crippen LogP contribution in [0.3, 0.4) is 0 Å². The summed E-state index contributed by atoms with van der Waals surface area (Å²) in [5, 5.41) is 0.367. The molecule has 4 nitrogen and oxygen atoms in total. The summed E-state index contributed by atoms with van der Waals surface area (Å²) >= 11 is 6.18. The molecule has 2 fully saturated rings. The Morgan fingerprint density at radius 3 is 2.85 bits per heavy atom. The molecule has 1 atom stereocenters. The second-order valence-corrected chi connectivity index (χ2v) is 6.01. The molecule has 1 saturated carbocycles. The van der Waals surface area contributed by atoms with Crippen LogP contribution in [0, 0.1) is 5.92 Å². The predicted molar refractivity (Wildman–Crippen MR) is 78.8 cm³/mol. The SMILES string of the molecule is Nc1cccc(C(=O)N(CC2CCOC2)C2CC2)c1Cl. The van der Waals surface area contributed by atoms with Gasteiger partial charge in [-0.15, -0.1) is 0 Å². The van der Waals surface area contributed by atoms with E-state index in [0.717, 1.165) is 39.0 Å². The topological polar surface area (TPSA) is 55.6 Å². The average molecular weight is 295 g/mol. The molecule has 0 spiro atoms. The quantitative estimate of drug-likeness (QED) is 0.868. The molecule has 1 aliphatic heterocycles. The van der Waals surface area contributed by atoms with Crippen LogP contribution in [-0.2, 0) is 4.74 Å². The highest BCUT2D eigenvalue weighted by molar-refractivity contribution is 6.36. The molecule has 1 saturated heterocycles. The second-order valence-electron chi connectivity index (χ2n) is 5.63. The summed E-state index contributed by atoms with van der Waals surface area (Å²) in [6, 6.07) is 5.60. The van der Waals surface area contributed by atoms with Crippen LogP contribution in [0.4, 0.5) is 5.69 Å². The molecule has 1 amide bonds. The summed E-state index contributed by atoms with van der Waals surface area (Å²) in [4.78, 5) is 14.7. The van der Waals surface area contributed by atoms with Crippen molar-refractivity contribution in [1.82, 2.24) is 4.90 Å². The first-order chi connectivity index (χ1) is 9.66. The highest BCUT2D eigenvalue weighted by Crippen LogP contribution is 2.32. The normalized spacial score (nSPS) is 21.9. The Kier molecular flexibility index (Phi) is 3.85. The summed E-state index contributed by atoms with van der Waals surface area (Å²) in [7, 11) is 0. The molecule has 20 heavy (non-hydrogen) atoms. The lowest BCUT2D eigenvalue weighted by atomic mass is 10.1. The number of carbonyl (C=O) groups excluding carboxylic acids is 1. The van der Waals surface area contributed by atoms with Gasteiger partial charge in [0, 0.05) is 25.1 Å². The number of hydrogen-bond donors (Lipinski definition) is 1. The van der Waals surface area contributed by atoms with Crippen molar-refractivity contribution in [1.29, 1.82) is 0 Å². The van der Waals surface area contributed by atoms with E-state index in [2.05, 4.69) is 0 Å². The first-order valence-electron chi connectivity index (χ1n) is 7.09. The molecule has 0 radical (unpaired) electrons. The maximum Gasteiger partial charge on any atom is 0.255 e. The van der Waals surface area contributed by atoms with Crippen molar-refractivity contribution < 1.29 is 9.53 Å². The third-order valence-electron chi connectivity index (χ3n) is 3.99. The summed E-state index contributed by atoms with van der Waals surface area (Å²) in [5.74, 6) is 0.441. The number of halogens is 1. The zero-order chi connectivity index (χ0) is 14.1. The van der Waals surface area contributed by atoms with E-state index in [-0.39, 0.29) is 5.91 Å². The van der Waals surface area contributed by atoms with Crippen molar-refractivity contribution >= 4 is 23.2 Å². The van der Waals surface area contributed by atoms with E-state index in [0.29, 0.717) is 28.2 Å². The minimum absolute atomic E-state index is 0.00306. The number of benzene rings is 1. The minimum Gasteiger partial charge on any atom is -0.398 e. The summed E-state index contributed by atoms with van der Waals surface area (Å²) in [6.07, 6.45) is 3.19. The van der Waals surface area contributed by atoms with E-state index in [1.54, 1.807) is 18.2 Å². The van der Waals surface area contributed by atoms with E-state index >= 15 is 0 Å². The first-order valence-corrected chi connectivity index (χ1v) is 7.47. The number of nitrogen functional groups attached to an aromatic ring is 1. The average Bonchev–Trinajstić information content (AvgIpc) is 3.15. The van der Waals surface area contributed by atoms with Crippen molar-refractivity contribution in [3.05, 3.63) is 28.8 Å². The van der Waals surface area contributed by atoms with Gasteiger partial charge in [-0.25, -0.2) is 0 Å². The number of amides is 1. The number of rotatable bonds is 4. The van der Waals surface area contributed by atoms with E-state index < -0.39 is 0 Å². The molecular weight excluding hydrogens is 276 g/mol. The van der Waals surface area contributed by atoms with Gasteiger partial charge in [-0.2, -0.15) is 0 Å². The lowest BCUT2D eigenvalue weighted by Gasteiger charge is -2.25. The van der Waals surface area contributed by atoms with Gasteiger partial charge in [0.25, 0.3) is 5.91 Å². The number of nitrogens with zero attached hydrogens (tertiary/aromatic N) is 1. The molecule has 1 aliphatic carbocycles. The largest absolute Gasteiger partial charge is 0.398 e. The molecule has 0 bridgehead atoms. The van der Waals surface area contributed by atoms with Crippen LogP contribution in [0.25, 0.3) is 0 Å². The zero-order valence-corrected chi connectivity index (χ0v) is 12.1. The molecule has 1 aromatic carbocycles. The Hall–Kier alpha value is -1.26. The Morgan fingerprint density at radius 1 is 1.40 bits per heavy atom. The fourth-order valence-corrected chi connectivity index (χ4v) is 2.87. The molecule has 108 valence electrons. The van der Waals surface area contributed by atoms with Crippen LogP contribution in [0.2, 0.25) is 5.02 Å². The van der Waals surface area contributed by atoms with Gasteiger partial charge in [-0.3, -0.25) is 4.79 Å². The van der Waals surface area contributed by atoms with Gasteiger partial charge >= 0.3 is 0 Å². The minimum atomic E-state index is -0.00306. The van der Waals surface area contributed by atoms with Crippen molar-refractivity contribution in [3.8, 4) is 0 Å². The molecule has 5 heteroatoms. The smallest absolute Gasteiger partial charge is 0.255 e. The lowest BCUT2D eigenvalue weighted by molar-refractivity contribution is 0.0706. The number of hydrogen-bond acceptors (Lipinski definition) is 3. The summed E-state index contributed by atoms with van der Waals surface area (Å²) < 4.78 is 5.40. The van der Waals surface area contributed by atoms with Crippen LogP contribution in [0.5, 0.6) is 0 Å². The van der Waals surface area contributed by atoms with Crippen LogP contribution in [-0.4, -0.2) is 36.6 Å². The third-order valence-corrected chi connectivity index (χ3v) is 4.41. The van der Waals surface area contributed by atoms with E-state index in [9.17, 15) is 4.79 Å². The van der Waals surface area contributed by atoms with Crippen molar-refractivity contribution in [2.45, 2.75) is 25.3 Å². The highest BCUT2D eigenvalue weighted by atomic mass is 35.5. The van der Waals surface area contributed by atoms with Crippen molar-refractivity contribution in [2.75, 3.05) is 25.5 Å². The van der Waals surface area contributed by atoms with Gasteiger partial charge in [0.2, 0.25) is 0 Å². The molecule has 1 unspecified atom stereocenters. The fraction of sp³-hybridized carbons (Fsp3) is 0.533. The van der Waals surface area contributed by atoms with Crippen molar-refractivity contribution in [3.63, 3.8) is 0 Å². The fourth-order valence-electron chi connectivity index (χ4n) is 2.66. The molecule has 2 aliphatic rings. The van der Waals surface area contributed by atoms with E-state index in [4.69, 9.17) is 22.1 Å². The lowest BCUT2D eigenvalue weighted by Crippen LogP contribution is -2.37. The zero-order valence-electron chi connectivity index (χ0n) is 11.3. The summed E-state index contributed by atoms with van der Waals surface area (Å²) in [6.45, 7) is 2.31. The molecule has 2 N–H and O–H groups in total. The van der Waals surface area contributed by atoms with E-state index in [1.807, 2.05) is 4.90 Å². The Balaban J connectivity index is 1.79. The number of nitrogens with two attached hydrogens (primary N) is 1. The predicted octanol–water partition coefficient (Wildman–Crippen LogP) is 2.56. The van der Waals surface area contributed by atoms with Crippen LogP contribution >= 0.6 is 11.6 Å². The maximum absolute atomic E-state index is 12.7. The van der Waals surface area contributed by atoms with Gasteiger partial charge < -0.3 is 15.4 Å². The van der Waals surface area contributed by atoms with Gasteiger partial charge in [-0.05, 0) is 31.4 Å². The van der Waals surface area contributed by atoms with Crippen molar-refractivity contribution in [2.24, 2.45) is 5.92 Å². The number of anilines is 1. The molecule has 0 aromatic heterocycles. The van der Waals surface area contributed by atoms with Gasteiger partial charge in [0.15, 0.2) is 0 Å². The number of carbonyl (C=O) groups is 1. The first kappa shape index (κ1) is 13.7. The van der Waals surface area contributed by atoms with Crippen LogP contribution in [0.15, 0.2) is 18.2 Å². The molecular formula is C15H19ClN2O2. The molecule has 1 aromatic rings.